The molecule has 67 heavy (non-hydrogen) atoms. The first kappa shape index (κ1) is 47.1. The molecular formula is C56H44Cl2N7PtZn+3. The monoisotopic (exact) mass is 1140 g/mol. The Bertz CT molecular complexity index is 3280. The maximum absolute atomic E-state index is 5.39. The minimum atomic E-state index is -0.472. The fourth-order valence-electron chi connectivity index (χ4n) is 8.22. The molecule has 11 rings (SSSR count). The van der Waals surface area contributed by atoms with Gasteiger partial charge in [-0.15, -0.1) is 0 Å². The Morgan fingerprint density at radius 2 is 0.642 bits per heavy atom. The zero-order valence-corrected chi connectivity index (χ0v) is 43.8. The van der Waals surface area contributed by atoms with Crippen molar-refractivity contribution in [3.8, 4) is 55.6 Å². The van der Waals surface area contributed by atoms with Crippen molar-refractivity contribution in [1.82, 2.24) is 29.9 Å². The van der Waals surface area contributed by atoms with Crippen molar-refractivity contribution in [3.05, 3.63) is 210 Å². The number of aryl methyl sites for hydroxylation is 3. The van der Waals surface area contributed by atoms with Crippen LogP contribution in [0, 0.1) is 20.8 Å². The number of nitrogens with zero attached hydrogens (tertiary/aromatic N) is 4. The van der Waals surface area contributed by atoms with Crippen molar-refractivity contribution in [2.45, 2.75) is 20.8 Å². The Morgan fingerprint density at radius 3 is 0.955 bits per heavy atom. The predicted molar refractivity (Wildman–Crippen MR) is 271 cm³/mol. The van der Waals surface area contributed by atoms with Gasteiger partial charge in [-0.25, -0.2) is 15.0 Å². The van der Waals surface area contributed by atoms with Gasteiger partial charge in [-0.2, -0.15) is 0 Å². The molecule has 6 aromatic heterocycles. The van der Waals surface area contributed by atoms with Crippen molar-refractivity contribution in [3.63, 3.8) is 0 Å². The molecule has 0 aliphatic carbocycles. The van der Waals surface area contributed by atoms with E-state index in [4.69, 9.17) is 28.8 Å². The van der Waals surface area contributed by atoms with E-state index in [1.165, 1.54) is 27.8 Å². The molecule has 0 saturated heterocycles. The van der Waals surface area contributed by atoms with Crippen LogP contribution in [0.2, 0.25) is 0 Å². The molecule has 11 heteroatoms. The van der Waals surface area contributed by atoms with E-state index in [0.717, 1.165) is 89.4 Å². The fourth-order valence-corrected chi connectivity index (χ4v) is 8.22. The van der Waals surface area contributed by atoms with Gasteiger partial charge in [0, 0.05) is 81.2 Å². The number of nitrogens with one attached hydrogen (secondary N) is 3. The Kier molecular flexibility index (Phi) is 15.4. The van der Waals surface area contributed by atoms with E-state index in [0.29, 0.717) is 0 Å². The molecule has 2 aliphatic rings. The zero-order chi connectivity index (χ0) is 45.4. The summed E-state index contributed by atoms with van der Waals surface area (Å²) < 4.78 is 0. The number of H-pyrrole nitrogens is 3. The summed E-state index contributed by atoms with van der Waals surface area (Å²) in [6.45, 7) is 6.35. The van der Waals surface area contributed by atoms with Gasteiger partial charge in [-0.05, 0) is 127 Å². The van der Waals surface area contributed by atoms with Crippen LogP contribution in [0.5, 0.6) is 0 Å². The number of pyridine rings is 3. The molecule has 0 saturated carbocycles. The topological polar surface area (TPSA) is 97.3 Å². The van der Waals surface area contributed by atoms with Gasteiger partial charge < -0.3 is 9.97 Å². The first-order chi connectivity index (χ1) is 32.4. The van der Waals surface area contributed by atoms with Gasteiger partial charge in [0.2, 0.25) is 0 Å². The number of aromatic amines is 3. The summed E-state index contributed by atoms with van der Waals surface area (Å²) >= 11 is -0.472. The maximum atomic E-state index is 5.39. The summed E-state index contributed by atoms with van der Waals surface area (Å²) in [4.78, 5) is 29.7. The van der Waals surface area contributed by atoms with Crippen LogP contribution in [-0.4, -0.2) is 29.9 Å². The summed E-state index contributed by atoms with van der Waals surface area (Å²) in [6.07, 6.45) is 19.6. The van der Waals surface area contributed by atoms with Crippen LogP contribution < -0.4 is 4.98 Å². The van der Waals surface area contributed by atoms with Crippen molar-refractivity contribution < 1.29 is 40.9 Å². The second-order valence-electron chi connectivity index (χ2n) is 15.9. The molecule has 0 fully saturated rings. The average molecular weight is 1150 g/mol. The summed E-state index contributed by atoms with van der Waals surface area (Å²) in [5.41, 5.74) is 22.0. The Hall–Kier alpha value is -6.40. The molecule has 7 nitrogen and oxygen atoms in total. The largest absolute Gasteiger partial charge is 2.00 e. The smallest absolute Gasteiger partial charge is 0.265 e. The van der Waals surface area contributed by atoms with Gasteiger partial charge in [-0.1, -0.05) is 89.5 Å². The first-order valence-corrected chi connectivity index (χ1v) is 27.0. The molecular weight excluding hydrogens is 1100 g/mol. The van der Waals surface area contributed by atoms with E-state index in [9.17, 15) is 0 Å². The molecule has 8 heterocycles. The van der Waals surface area contributed by atoms with E-state index in [2.05, 4.69) is 167 Å². The van der Waals surface area contributed by atoms with Crippen molar-refractivity contribution >= 4 is 65.2 Å². The zero-order valence-electron chi connectivity index (χ0n) is 37.0. The predicted octanol–water partition coefficient (Wildman–Crippen LogP) is 14.6. The van der Waals surface area contributed by atoms with Gasteiger partial charge in [-0.3, -0.25) is 9.97 Å². The third kappa shape index (κ3) is 10.8. The van der Waals surface area contributed by atoms with Crippen molar-refractivity contribution in [1.29, 1.82) is 0 Å². The van der Waals surface area contributed by atoms with Crippen molar-refractivity contribution in [2.24, 2.45) is 0 Å². The van der Waals surface area contributed by atoms with Crippen LogP contribution >= 0.6 is 18.8 Å². The van der Waals surface area contributed by atoms with Crippen LogP contribution in [0.3, 0.4) is 0 Å². The van der Waals surface area contributed by atoms with Gasteiger partial charge in [0.15, 0.2) is 12.4 Å². The number of fused-ring (bicyclic) bond motifs is 8. The van der Waals surface area contributed by atoms with Crippen molar-refractivity contribution in [2.75, 3.05) is 0 Å². The molecule has 0 radical (unpaired) electrons. The molecule has 3 N–H and O–H groups in total. The van der Waals surface area contributed by atoms with E-state index >= 15 is 0 Å². The number of rotatable bonds is 5. The molecule has 0 atom stereocenters. The van der Waals surface area contributed by atoms with Gasteiger partial charge in [0.05, 0.1) is 22.8 Å². The second-order valence-corrected chi connectivity index (χ2v) is 19.2. The van der Waals surface area contributed by atoms with Gasteiger partial charge >= 0.3 is 54.8 Å². The standard InChI is InChI=1S/C46H35N5.C10H8N2.2ClH.Pt.Zn/c1-28-4-10-31(11-5-28)43-35-16-18-37(48-35)44(32-12-6-29(2)7-13-32)39-20-22-41(50-39)46(34-24-26-47-27-25-34)42-23-21-40(51-42)45(38-19-17-36(43)49-38)33-14-8-30(3)9-15-33;1-5-11-6-2-9(1)10-3-7-12-8-4-10;;;;/h4-27,48,51H,1-3H3;1-8H;2*1H;;/q;;;;2*+2/p-1. The van der Waals surface area contributed by atoms with Crippen LogP contribution in [0.1, 0.15) is 39.5 Å². The van der Waals surface area contributed by atoms with Crippen LogP contribution in [0.25, 0.3) is 102 Å². The summed E-state index contributed by atoms with van der Waals surface area (Å²) in [6, 6.07) is 46.9. The van der Waals surface area contributed by atoms with Crippen LogP contribution in [0.15, 0.2) is 171 Å². The molecule has 8 bridgehead atoms. The fraction of sp³-hybridized carbons (Fsp3) is 0.0536. The summed E-state index contributed by atoms with van der Waals surface area (Å²) in [5, 5.41) is 0. The van der Waals surface area contributed by atoms with Crippen LogP contribution in [-0.2, 0) is 36.0 Å². The second kappa shape index (κ2) is 21.9. The Balaban J connectivity index is 0.000000325. The molecule has 0 unspecified atom stereocenters. The number of halogens is 2. The molecule has 9 aromatic rings. The maximum Gasteiger partial charge on any atom is 2.00 e. The SMILES string of the molecule is Cc1ccc(-c2c3nc(c(-c4ccc(C)cc4)c4ccc([nH]4)c(-c4ccc(C)cc4)c4nc(c(-c5ccncc5)c5ccc2[nH]5)C=C4)C=C3)cc1.[Cl][Pt][Cl].[Zn+2].c1cc(-c2cc[nH+]cc2)ccn1. The van der Waals surface area contributed by atoms with Crippen LogP contribution in [0.4, 0.5) is 0 Å². The van der Waals surface area contributed by atoms with E-state index < -0.39 is 16.5 Å². The van der Waals surface area contributed by atoms with E-state index in [1.807, 2.05) is 61.2 Å². The normalized spacial score (nSPS) is 11.2. The quantitative estimate of drug-likeness (QED) is 0.168. The molecule has 2 aliphatic heterocycles. The summed E-state index contributed by atoms with van der Waals surface area (Å²) in [7, 11) is 9.75. The third-order valence-electron chi connectivity index (χ3n) is 11.5. The molecule has 0 spiro atoms. The van der Waals surface area contributed by atoms with Gasteiger partial charge in [0.1, 0.15) is 0 Å². The Morgan fingerprint density at radius 1 is 0.373 bits per heavy atom. The third-order valence-corrected chi connectivity index (χ3v) is 11.5. The number of benzene rings is 3. The van der Waals surface area contributed by atoms with E-state index in [-0.39, 0.29) is 19.5 Å². The number of hydrogen-bond donors (Lipinski definition) is 2. The number of aromatic nitrogens is 7. The Labute approximate surface area is 419 Å². The first-order valence-electron chi connectivity index (χ1n) is 21.3. The minimum Gasteiger partial charge on any atom is -0.265 e. The van der Waals surface area contributed by atoms with Gasteiger partial charge in [0.25, 0.3) is 0 Å². The average Bonchev–Trinajstić information content (AvgIpc) is 4.21. The minimum absolute atomic E-state index is 0. The molecule has 3 aromatic carbocycles. The summed E-state index contributed by atoms with van der Waals surface area (Å²) in [5.74, 6) is 0. The molecule has 0 amide bonds. The number of hydrogen-bond acceptors (Lipinski definition) is 4. The molecule has 326 valence electrons. The van der Waals surface area contributed by atoms with E-state index in [1.54, 1.807) is 12.4 Å².